The summed E-state index contributed by atoms with van der Waals surface area (Å²) in [5.74, 6) is 1.47. The third kappa shape index (κ3) is 7.02. The summed E-state index contributed by atoms with van der Waals surface area (Å²) < 4.78 is 10.4. The van der Waals surface area contributed by atoms with Gasteiger partial charge in [-0.25, -0.2) is 4.79 Å². The van der Waals surface area contributed by atoms with Gasteiger partial charge in [-0.3, -0.25) is 9.89 Å². The molecule has 166 valence electrons. The number of aliphatic imine (C=N–C) groups is 1. The van der Waals surface area contributed by atoms with Crippen LogP contribution < -0.4 is 10.6 Å². The van der Waals surface area contributed by atoms with Crippen LogP contribution in [-0.4, -0.2) is 50.6 Å². The standard InChI is InChI=1S/C22H32N4O3.HI/c1-6-26(7-2)20(17-11-9-8-10-12-17)15-25-22(23-4)24-14-18-13-19(16(3)29-18)21(27)28-5;/h8-13,20H,6-7,14-15H2,1-5H3,(H2,23,24,25);1H. The Morgan fingerprint density at radius 2 is 1.87 bits per heavy atom. The van der Waals surface area contributed by atoms with Crippen molar-refractivity contribution in [2.45, 2.75) is 33.4 Å². The number of aryl methyl sites for hydroxylation is 1. The summed E-state index contributed by atoms with van der Waals surface area (Å²) in [6.07, 6.45) is 0. The van der Waals surface area contributed by atoms with E-state index in [1.807, 2.05) is 6.07 Å². The Kier molecular flexibility index (Phi) is 11.5. The van der Waals surface area contributed by atoms with Gasteiger partial charge >= 0.3 is 5.97 Å². The lowest BCUT2D eigenvalue weighted by Crippen LogP contribution is -2.43. The molecule has 2 rings (SSSR count). The first kappa shape index (κ1) is 26.0. The molecule has 8 heteroatoms. The molecule has 1 aromatic heterocycles. The van der Waals surface area contributed by atoms with Crippen molar-refractivity contribution >= 4 is 35.9 Å². The largest absolute Gasteiger partial charge is 0.465 e. The molecule has 0 bridgehead atoms. The number of benzene rings is 1. The van der Waals surface area contributed by atoms with Crippen molar-refractivity contribution in [1.29, 1.82) is 0 Å². The van der Waals surface area contributed by atoms with Gasteiger partial charge in [0.25, 0.3) is 0 Å². The molecule has 7 nitrogen and oxygen atoms in total. The smallest absolute Gasteiger partial charge is 0.341 e. The third-order valence-electron chi connectivity index (χ3n) is 4.93. The van der Waals surface area contributed by atoms with Crippen LogP contribution in [0.4, 0.5) is 0 Å². The predicted octanol–water partition coefficient (Wildman–Crippen LogP) is 3.74. The van der Waals surface area contributed by atoms with Gasteiger partial charge in [-0.05, 0) is 31.6 Å². The number of rotatable bonds is 9. The van der Waals surface area contributed by atoms with Gasteiger partial charge < -0.3 is 19.8 Å². The molecule has 0 fully saturated rings. The van der Waals surface area contributed by atoms with Crippen molar-refractivity contribution in [3.05, 3.63) is 59.0 Å². The molecule has 0 saturated carbocycles. The molecule has 1 heterocycles. The molecule has 0 aliphatic rings. The van der Waals surface area contributed by atoms with Crippen LogP contribution in [0, 0.1) is 6.92 Å². The number of furan rings is 1. The number of hydrogen-bond donors (Lipinski definition) is 2. The molecule has 0 aliphatic heterocycles. The number of ether oxygens (including phenoxy) is 1. The fraction of sp³-hybridized carbons (Fsp3) is 0.455. The van der Waals surface area contributed by atoms with E-state index in [4.69, 9.17) is 9.15 Å². The van der Waals surface area contributed by atoms with Gasteiger partial charge in [0.15, 0.2) is 5.96 Å². The first-order valence-electron chi connectivity index (χ1n) is 9.95. The number of hydrogen-bond acceptors (Lipinski definition) is 5. The SMILES string of the molecule is CCN(CC)C(CNC(=NC)NCc1cc(C(=O)OC)c(C)o1)c1ccccc1.I. The average Bonchev–Trinajstić information content (AvgIpc) is 3.13. The Labute approximate surface area is 196 Å². The number of halogens is 1. The summed E-state index contributed by atoms with van der Waals surface area (Å²) in [6.45, 7) is 9.15. The molecule has 0 aliphatic carbocycles. The van der Waals surface area contributed by atoms with E-state index in [0.717, 1.165) is 19.6 Å². The second kappa shape index (κ2) is 13.3. The molecule has 0 radical (unpaired) electrons. The predicted molar refractivity (Wildman–Crippen MR) is 131 cm³/mol. The lowest BCUT2D eigenvalue weighted by Gasteiger charge is -2.30. The fourth-order valence-electron chi connectivity index (χ4n) is 3.33. The number of carbonyl (C=O) groups is 1. The molecule has 30 heavy (non-hydrogen) atoms. The molecule has 1 aromatic carbocycles. The van der Waals surface area contributed by atoms with E-state index in [1.54, 1.807) is 20.0 Å². The fourth-order valence-corrected chi connectivity index (χ4v) is 3.33. The van der Waals surface area contributed by atoms with Gasteiger partial charge in [0.05, 0.1) is 19.7 Å². The average molecular weight is 528 g/mol. The van der Waals surface area contributed by atoms with Crippen LogP contribution in [0.25, 0.3) is 0 Å². The topological polar surface area (TPSA) is 79.1 Å². The minimum absolute atomic E-state index is 0. The molecule has 1 atom stereocenters. The summed E-state index contributed by atoms with van der Waals surface area (Å²) in [5.41, 5.74) is 1.71. The van der Waals surface area contributed by atoms with E-state index in [0.29, 0.717) is 29.6 Å². The van der Waals surface area contributed by atoms with Crippen LogP contribution in [-0.2, 0) is 11.3 Å². The van der Waals surface area contributed by atoms with Crippen LogP contribution in [0.3, 0.4) is 0 Å². The van der Waals surface area contributed by atoms with E-state index in [9.17, 15) is 4.79 Å². The third-order valence-corrected chi connectivity index (χ3v) is 4.93. The maximum atomic E-state index is 11.7. The highest BCUT2D eigenvalue weighted by molar-refractivity contribution is 14.0. The van der Waals surface area contributed by atoms with E-state index < -0.39 is 5.97 Å². The zero-order valence-corrected chi connectivity index (χ0v) is 20.7. The number of nitrogens with zero attached hydrogens (tertiary/aromatic N) is 2. The zero-order chi connectivity index (χ0) is 21.2. The summed E-state index contributed by atoms with van der Waals surface area (Å²) in [4.78, 5) is 18.4. The minimum atomic E-state index is -0.398. The second-order valence-corrected chi connectivity index (χ2v) is 6.63. The number of likely N-dealkylation sites (N-methyl/N-ethyl adjacent to an activating group) is 1. The zero-order valence-electron chi connectivity index (χ0n) is 18.4. The molecular formula is C22H33IN4O3. The quantitative estimate of drug-likeness (QED) is 0.224. The van der Waals surface area contributed by atoms with Gasteiger partial charge in [0.1, 0.15) is 17.1 Å². The van der Waals surface area contributed by atoms with Gasteiger partial charge in [-0.2, -0.15) is 0 Å². The highest BCUT2D eigenvalue weighted by Crippen LogP contribution is 2.19. The van der Waals surface area contributed by atoms with Crippen molar-refractivity contribution in [2.75, 3.05) is 33.8 Å². The van der Waals surface area contributed by atoms with Gasteiger partial charge in [0, 0.05) is 13.6 Å². The Hall–Kier alpha value is -2.07. The van der Waals surface area contributed by atoms with Crippen LogP contribution in [0.2, 0.25) is 0 Å². The maximum absolute atomic E-state index is 11.7. The lowest BCUT2D eigenvalue weighted by atomic mass is 10.1. The molecule has 2 N–H and O–H groups in total. The molecular weight excluding hydrogens is 495 g/mol. The van der Waals surface area contributed by atoms with Gasteiger partial charge in [0.2, 0.25) is 0 Å². The highest BCUT2D eigenvalue weighted by Gasteiger charge is 2.19. The number of carbonyl (C=O) groups excluding carboxylic acids is 1. The first-order valence-corrected chi connectivity index (χ1v) is 9.95. The number of nitrogens with one attached hydrogen (secondary N) is 2. The van der Waals surface area contributed by atoms with E-state index in [1.165, 1.54) is 12.7 Å². The van der Waals surface area contributed by atoms with Crippen LogP contribution in [0.5, 0.6) is 0 Å². The molecule has 2 aromatic rings. The lowest BCUT2D eigenvalue weighted by molar-refractivity contribution is 0.0599. The first-order chi connectivity index (χ1) is 14.0. The molecule has 0 spiro atoms. The van der Waals surface area contributed by atoms with Crippen molar-refractivity contribution in [1.82, 2.24) is 15.5 Å². The maximum Gasteiger partial charge on any atom is 0.341 e. The minimum Gasteiger partial charge on any atom is -0.465 e. The molecule has 0 saturated heterocycles. The summed E-state index contributed by atoms with van der Waals surface area (Å²) in [5, 5.41) is 6.65. The number of esters is 1. The summed E-state index contributed by atoms with van der Waals surface area (Å²) in [6, 6.07) is 12.4. The Balaban J connectivity index is 0.00000450. The normalized spacial score (nSPS) is 12.3. The van der Waals surface area contributed by atoms with Crippen molar-refractivity contribution < 1.29 is 13.9 Å². The van der Waals surface area contributed by atoms with Gasteiger partial charge in [-0.15, -0.1) is 24.0 Å². The second-order valence-electron chi connectivity index (χ2n) is 6.63. The Morgan fingerprint density at radius 3 is 2.43 bits per heavy atom. The monoisotopic (exact) mass is 528 g/mol. The van der Waals surface area contributed by atoms with Gasteiger partial charge in [-0.1, -0.05) is 44.2 Å². The van der Waals surface area contributed by atoms with Crippen LogP contribution in [0.1, 0.15) is 47.3 Å². The van der Waals surface area contributed by atoms with Crippen LogP contribution in [0.15, 0.2) is 45.8 Å². The summed E-state index contributed by atoms with van der Waals surface area (Å²) >= 11 is 0. The highest BCUT2D eigenvalue weighted by atomic mass is 127. The Morgan fingerprint density at radius 1 is 1.20 bits per heavy atom. The van der Waals surface area contributed by atoms with Crippen LogP contribution >= 0.6 is 24.0 Å². The van der Waals surface area contributed by atoms with E-state index in [2.05, 4.69) is 58.6 Å². The van der Waals surface area contributed by atoms with Crippen molar-refractivity contribution in [3.8, 4) is 0 Å². The van der Waals surface area contributed by atoms with E-state index >= 15 is 0 Å². The van der Waals surface area contributed by atoms with E-state index in [-0.39, 0.29) is 30.0 Å². The summed E-state index contributed by atoms with van der Waals surface area (Å²) in [7, 11) is 3.09. The number of guanidine groups is 1. The Bertz CT molecular complexity index is 804. The van der Waals surface area contributed by atoms with Crippen molar-refractivity contribution in [2.24, 2.45) is 4.99 Å². The van der Waals surface area contributed by atoms with Crippen molar-refractivity contribution in [3.63, 3.8) is 0 Å². The molecule has 0 amide bonds. The molecule has 1 unspecified atom stereocenters. The number of methoxy groups -OCH3 is 1.